The van der Waals surface area contributed by atoms with E-state index < -0.39 is 15.6 Å². The van der Waals surface area contributed by atoms with Crippen molar-refractivity contribution in [2.24, 2.45) is 16.8 Å². The van der Waals surface area contributed by atoms with Gasteiger partial charge >= 0.3 is 0 Å². The highest BCUT2D eigenvalue weighted by molar-refractivity contribution is 7.89. The van der Waals surface area contributed by atoms with Crippen LogP contribution in [-0.4, -0.2) is 80.0 Å². The molecule has 202 valence electrons. The summed E-state index contributed by atoms with van der Waals surface area (Å²) in [5.41, 5.74) is 1.85. The molecule has 5 rings (SSSR count). The van der Waals surface area contributed by atoms with E-state index in [1.807, 2.05) is 32.2 Å². The zero-order valence-corrected chi connectivity index (χ0v) is 22.9. The number of amides is 2. The minimum atomic E-state index is -3.47. The third kappa shape index (κ3) is 5.07. The van der Waals surface area contributed by atoms with Gasteiger partial charge in [0.05, 0.1) is 5.75 Å². The largest absolute Gasteiger partial charge is 0.351 e. The first-order valence-corrected chi connectivity index (χ1v) is 15.0. The van der Waals surface area contributed by atoms with Crippen molar-refractivity contribution in [2.75, 3.05) is 44.1 Å². The molecule has 1 aromatic rings. The molecule has 0 aromatic heterocycles. The predicted octanol–water partition coefficient (Wildman–Crippen LogP) is 2.72. The van der Waals surface area contributed by atoms with Crippen LogP contribution < -0.4 is 4.90 Å². The quantitative estimate of drug-likeness (QED) is 0.563. The lowest BCUT2D eigenvalue weighted by Gasteiger charge is -2.35. The van der Waals surface area contributed by atoms with Crippen LogP contribution in [0.15, 0.2) is 23.2 Å². The third-order valence-electron chi connectivity index (χ3n) is 8.71. The van der Waals surface area contributed by atoms with Gasteiger partial charge in [0.1, 0.15) is 24.7 Å². The SMILES string of the molecule is Cc1cc(N2COCC2=O)ccc1CCS(=O)(=O)N1CCC2(CC1)N=C(C1CCC(C)CC1)N(C)C2=O. The molecule has 3 fully saturated rings. The van der Waals surface area contributed by atoms with Crippen LogP contribution in [0.2, 0.25) is 0 Å². The number of sulfonamides is 1. The fourth-order valence-corrected chi connectivity index (χ4v) is 7.67. The Hall–Kier alpha value is -2.30. The number of piperidine rings is 1. The summed E-state index contributed by atoms with van der Waals surface area (Å²) in [6, 6.07) is 5.65. The molecule has 1 saturated carbocycles. The molecule has 0 N–H and O–H groups in total. The first kappa shape index (κ1) is 26.3. The van der Waals surface area contributed by atoms with E-state index >= 15 is 0 Å². The van der Waals surface area contributed by atoms with E-state index in [1.165, 1.54) is 4.31 Å². The normalized spacial score (nSPS) is 26.8. The third-order valence-corrected chi connectivity index (χ3v) is 10.6. The number of aliphatic imine (C=N–C) groups is 1. The van der Waals surface area contributed by atoms with Gasteiger partial charge in [-0.3, -0.25) is 19.5 Å². The maximum Gasteiger partial charge on any atom is 0.255 e. The molecule has 1 aliphatic carbocycles. The Morgan fingerprint density at radius 1 is 1.11 bits per heavy atom. The van der Waals surface area contributed by atoms with Crippen molar-refractivity contribution in [3.05, 3.63) is 29.3 Å². The molecule has 4 aliphatic rings. The number of amidine groups is 1. The van der Waals surface area contributed by atoms with Crippen LogP contribution in [0.1, 0.15) is 56.6 Å². The van der Waals surface area contributed by atoms with Crippen LogP contribution >= 0.6 is 0 Å². The number of benzene rings is 1. The minimum absolute atomic E-state index is 0.00850. The molecule has 9 nitrogen and oxygen atoms in total. The fourth-order valence-electron chi connectivity index (χ4n) is 6.19. The zero-order chi connectivity index (χ0) is 26.4. The first-order chi connectivity index (χ1) is 17.6. The average molecular weight is 531 g/mol. The maximum atomic E-state index is 13.3. The summed E-state index contributed by atoms with van der Waals surface area (Å²) in [6.07, 6.45) is 5.72. The number of nitrogens with zero attached hydrogens (tertiary/aromatic N) is 4. The lowest BCUT2D eigenvalue weighted by atomic mass is 9.82. The van der Waals surface area contributed by atoms with E-state index in [0.29, 0.717) is 38.3 Å². The number of rotatable bonds is 6. The van der Waals surface area contributed by atoms with Gasteiger partial charge in [0.25, 0.3) is 11.8 Å². The summed E-state index contributed by atoms with van der Waals surface area (Å²) in [5.74, 6) is 1.93. The number of hydrogen-bond acceptors (Lipinski definition) is 6. The standard InChI is InChI=1S/C27H38N4O5S/c1-19-4-6-22(7-5-19)25-28-27(26(33)29(25)3)11-13-30(14-12-27)37(34,35)15-10-21-8-9-23(16-20(21)2)31-18-36-17-24(31)32/h8-9,16,19,22H,4-7,10-15,17-18H2,1-3H3. The van der Waals surface area contributed by atoms with Crippen LogP contribution in [-0.2, 0) is 30.8 Å². The summed E-state index contributed by atoms with van der Waals surface area (Å²) in [6.45, 7) is 5.17. The highest BCUT2D eigenvalue weighted by atomic mass is 32.2. The molecular formula is C27H38N4O5S. The molecule has 0 radical (unpaired) electrons. The van der Waals surface area contributed by atoms with Gasteiger partial charge in [-0.05, 0) is 68.2 Å². The van der Waals surface area contributed by atoms with E-state index in [2.05, 4.69) is 6.92 Å². The number of carbonyl (C=O) groups is 2. The van der Waals surface area contributed by atoms with E-state index in [1.54, 1.807) is 9.80 Å². The van der Waals surface area contributed by atoms with Gasteiger partial charge in [-0.2, -0.15) is 0 Å². The van der Waals surface area contributed by atoms with Gasteiger partial charge in [0, 0.05) is 31.7 Å². The van der Waals surface area contributed by atoms with Gasteiger partial charge in [-0.1, -0.05) is 25.8 Å². The highest BCUT2D eigenvalue weighted by Gasteiger charge is 2.51. The van der Waals surface area contributed by atoms with Crippen molar-refractivity contribution in [1.29, 1.82) is 0 Å². The molecule has 3 heterocycles. The Labute approximate surface area is 219 Å². The van der Waals surface area contributed by atoms with Crippen molar-refractivity contribution in [3.63, 3.8) is 0 Å². The molecule has 2 saturated heterocycles. The highest BCUT2D eigenvalue weighted by Crippen LogP contribution is 2.39. The van der Waals surface area contributed by atoms with Crippen LogP contribution in [0.25, 0.3) is 0 Å². The number of carbonyl (C=O) groups excluding carboxylic acids is 2. The van der Waals surface area contributed by atoms with Gasteiger partial charge in [0.2, 0.25) is 10.0 Å². The molecule has 37 heavy (non-hydrogen) atoms. The van der Waals surface area contributed by atoms with Crippen molar-refractivity contribution < 1.29 is 22.7 Å². The summed E-state index contributed by atoms with van der Waals surface area (Å²) in [4.78, 5) is 33.5. The zero-order valence-electron chi connectivity index (χ0n) is 22.1. The molecule has 1 spiro atoms. The second kappa shape index (κ2) is 10.1. The van der Waals surface area contributed by atoms with Gasteiger partial charge in [-0.25, -0.2) is 12.7 Å². The molecule has 2 amide bonds. The number of likely N-dealkylation sites (N-methyl/N-ethyl adjacent to an activating group) is 1. The Morgan fingerprint density at radius 2 is 1.81 bits per heavy atom. The van der Waals surface area contributed by atoms with E-state index in [9.17, 15) is 18.0 Å². The molecule has 1 aromatic carbocycles. The van der Waals surface area contributed by atoms with E-state index in [4.69, 9.17) is 9.73 Å². The number of aryl methyl sites for hydroxylation is 2. The van der Waals surface area contributed by atoms with Crippen molar-refractivity contribution in [3.8, 4) is 0 Å². The number of ether oxygens (including phenoxy) is 1. The Balaban J connectivity index is 1.20. The lowest BCUT2D eigenvalue weighted by Crippen LogP contribution is -2.51. The second-order valence-electron chi connectivity index (χ2n) is 11.2. The summed E-state index contributed by atoms with van der Waals surface area (Å²) < 4.78 is 33.1. The molecule has 3 aliphatic heterocycles. The van der Waals surface area contributed by atoms with Gasteiger partial charge in [-0.15, -0.1) is 0 Å². The van der Waals surface area contributed by atoms with Crippen LogP contribution in [0, 0.1) is 18.8 Å². The van der Waals surface area contributed by atoms with Crippen molar-refractivity contribution in [1.82, 2.24) is 9.21 Å². The molecule has 0 atom stereocenters. The molecule has 0 bridgehead atoms. The average Bonchev–Trinajstić information content (AvgIpc) is 3.41. The van der Waals surface area contributed by atoms with E-state index in [-0.39, 0.29) is 30.9 Å². The summed E-state index contributed by atoms with van der Waals surface area (Å²) in [7, 11) is -1.64. The van der Waals surface area contributed by atoms with Crippen molar-refractivity contribution >= 4 is 33.4 Å². The number of anilines is 1. The number of hydrogen-bond donors (Lipinski definition) is 0. The smallest absolute Gasteiger partial charge is 0.255 e. The van der Waals surface area contributed by atoms with Crippen LogP contribution in [0.5, 0.6) is 0 Å². The molecule has 10 heteroatoms. The topological polar surface area (TPSA) is 99.6 Å². The fraction of sp³-hybridized carbons (Fsp3) is 0.667. The second-order valence-corrected chi connectivity index (χ2v) is 13.3. The monoisotopic (exact) mass is 530 g/mol. The Kier molecular flexibility index (Phi) is 7.19. The summed E-state index contributed by atoms with van der Waals surface area (Å²) >= 11 is 0. The predicted molar refractivity (Wildman–Crippen MR) is 142 cm³/mol. The van der Waals surface area contributed by atoms with Crippen LogP contribution in [0.3, 0.4) is 0 Å². The van der Waals surface area contributed by atoms with Crippen molar-refractivity contribution in [2.45, 2.75) is 64.3 Å². The first-order valence-electron chi connectivity index (χ1n) is 13.4. The lowest BCUT2D eigenvalue weighted by molar-refractivity contribution is -0.131. The van der Waals surface area contributed by atoms with Gasteiger partial charge < -0.3 is 9.64 Å². The van der Waals surface area contributed by atoms with Gasteiger partial charge in [0.15, 0.2) is 0 Å². The maximum absolute atomic E-state index is 13.3. The Morgan fingerprint density at radius 3 is 2.43 bits per heavy atom. The minimum Gasteiger partial charge on any atom is -0.351 e. The molecule has 0 unspecified atom stereocenters. The van der Waals surface area contributed by atoms with E-state index in [0.717, 1.165) is 54.3 Å². The van der Waals surface area contributed by atoms with Crippen LogP contribution in [0.4, 0.5) is 5.69 Å². The Bertz CT molecular complexity index is 1200. The summed E-state index contributed by atoms with van der Waals surface area (Å²) in [5, 5.41) is 0. The molecular weight excluding hydrogens is 492 g/mol.